The lowest BCUT2D eigenvalue weighted by Gasteiger charge is -2.29. The summed E-state index contributed by atoms with van der Waals surface area (Å²) in [6, 6.07) is 10.4. The largest absolute Gasteiger partial charge is 0.420 e. The summed E-state index contributed by atoms with van der Waals surface area (Å²) in [6.45, 7) is 5.19. The van der Waals surface area contributed by atoms with E-state index in [1.165, 1.54) is 0 Å². The molecule has 1 fully saturated rings. The SMILES string of the molecule is Cc1[nH]nc2c1[C@H](c1ccc(N3CCOCC3)cc1)C(C#N)=C(N)O2. The minimum atomic E-state index is -0.272. The number of hydrogen-bond donors (Lipinski definition) is 2. The standard InChI is InChI=1S/C18H19N5O2/c1-11-15-16(14(10-19)17(20)25-18(15)22-21-11)12-2-4-13(5-3-12)23-6-8-24-9-7-23/h2-5,16H,6-9,20H2,1H3,(H,21,22)/t16-/m1/s1. The lowest BCUT2D eigenvalue weighted by Crippen LogP contribution is -2.36. The smallest absolute Gasteiger partial charge is 0.244 e. The number of fused-ring (bicyclic) bond motifs is 1. The van der Waals surface area contributed by atoms with Crippen LogP contribution in [0, 0.1) is 18.3 Å². The Morgan fingerprint density at radius 1 is 1.28 bits per heavy atom. The highest BCUT2D eigenvalue weighted by atomic mass is 16.5. The topological polar surface area (TPSA) is 100 Å². The van der Waals surface area contributed by atoms with E-state index >= 15 is 0 Å². The summed E-state index contributed by atoms with van der Waals surface area (Å²) < 4.78 is 10.9. The first-order valence-electron chi connectivity index (χ1n) is 8.24. The van der Waals surface area contributed by atoms with Gasteiger partial charge in [0.1, 0.15) is 11.6 Å². The van der Waals surface area contributed by atoms with Crippen molar-refractivity contribution in [2.45, 2.75) is 12.8 Å². The molecule has 3 N–H and O–H groups in total. The summed E-state index contributed by atoms with van der Waals surface area (Å²) in [5, 5.41) is 16.7. The molecular formula is C18H19N5O2. The quantitative estimate of drug-likeness (QED) is 0.866. The third-order valence-electron chi connectivity index (χ3n) is 4.73. The second-order valence-corrected chi connectivity index (χ2v) is 6.18. The number of nitriles is 1. The maximum Gasteiger partial charge on any atom is 0.244 e. The van der Waals surface area contributed by atoms with E-state index in [0.717, 1.165) is 48.8 Å². The van der Waals surface area contributed by atoms with Crippen molar-refractivity contribution in [2.24, 2.45) is 5.73 Å². The normalized spacial score (nSPS) is 20.0. The van der Waals surface area contributed by atoms with Gasteiger partial charge in [-0.25, -0.2) is 0 Å². The monoisotopic (exact) mass is 337 g/mol. The van der Waals surface area contributed by atoms with Gasteiger partial charge in [-0.2, -0.15) is 5.26 Å². The number of ether oxygens (including phenoxy) is 2. The summed E-state index contributed by atoms with van der Waals surface area (Å²) in [6.07, 6.45) is 0. The summed E-state index contributed by atoms with van der Waals surface area (Å²) in [7, 11) is 0. The first-order valence-corrected chi connectivity index (χ1v) is 8.24. The van der Waals surface area contributed by atoms with E-state index in [2.05, 4.69) is 33.3 Å². The Morgan fingerprint density at radius 3 is 2.68 bits per heavy atom. The Kier molecular flexibility index (Phi) is 3.82. The lowest BCUT2D eigenvalue weighted by molar-refractivity contribution is 0.122. The van der Waals surface area contributed by atoms with Crippen LogP contribution in [-0.2, 0) is 4.74 Å². The van der Waals surface area contributed by atoms with Crippen LogP contribution in [0.4, 0.5) is 5.69 Å². The van der Waals surface area contributed by atoms with Gasteiger partial charge in [0, 0.05) is 30.0 Å². The third kappa shape index (κ3) is 2.61. The fourth-order valence-electron chi connectivity index (χ4n) is 3.43. The van der Waals surface area contributed by atoms with Gasteiger partial charge in [0.05, 0.1) is 19.1 Å². The Bertz CT molecular complexity index is 857. The van der Waals surface area contributed by atoms with Crippen LogP contribution in [-0.4, -0.2) is 36.5 Å². The highest BCUT2D eigenvalue weighted by Crippen LogP contribution is 2.42. The molecule has 1 aromatic carbocycles. The van der Waals surface area contributed by atoms with Gasteiger partial charge in [-0.15, -0.1) is 5.10 Å². The molecular weight excluding hydrogens is 318 g/mol. The number of aromatic amines is 1. The van der Waals surface area contributed by atoms with E-state index in [0.29, 0.717) is 11.5 Å². The van der Waals surface area contributed by atoms with Crippen molar-refractivity contribution < 1.29 is 9.47 Å². The highest BCUT2D eigenvalue weighted by molar-refractivity contribution is 5.57. The Hall–Kier alpha value is -2.98. The van der Waals surface area contributed by atoms with E-state index in [1.54, 1.807) is 0 Å². The number of aromatic nitrogens is 2. The van der Waals surface area contributed by atoms with Gasteiger partial charge in [0.2, 0.25) is 11.8 Å². The van der Waals surface area contributed by atoms with Crippen molar-refractivity contribution in [3.63, 3.8) is 0 Å². The van der Waals surface area contributed by atoms with E-state index in [4.69, 9.17) is 15.2 Å². The molecule has 128 valence electrons. The predicted molar refractivity (Wildman–Crippen MR) is 92.1 cm³/mol. The van der Waals surface area contributed by atoms with E-state index in [-0.39, 0.29) is 11.8 Å². The first-order chi connectivity index (χ1) is 12.2. The van der Waals surface area contributed by atoms with Crippen molar-refractivity contribution in [2.75, 3.05) is 31.2 Å². The number of morpholine rings is 1. The molecule has 4 rings (SSSR count). The predicted octanol–water partition coefficient (Wildman–Crippen LogP) is 1.77. The zero-order valence-electron chi connectivity index (χ0n) is 14.0. The average Bonchev–Trinajstić information content (AvgIpc) is 3.02. The van der Waals surface area contributed by atoms with Gasteiger partial charge in [-0.05, 0) is 24.6 Å². The van der Waals surface area contributed by atoms with E-state index in [1.807, 2.05) is 19.1 Å². The number of nitrogens with one attached hydrogen (secondary N) is 1. The van der Waals surface area contributed by atoms with Crippen molar-refractivity contribution in [1.29, 1.82) is 5.26 Å². The number of nitrogens with zero attached hydrogens (tertiary/aromatic N) is 3. The summed E-state index contributed by atoms with van der Waals surface area (Å²) in [5.74, 6) is 0.284. The number of hydrogen-bond acceptors (Lipinski definition) is 6. The number of allylic oxidation sites excluding steroid dienone is 1. The van der Waals surface area contributed by atoms with Crippen LogP contribution in [0.15, 0.2) is 35.7 Å². The maximum absolute atomic E-state index is 9.58. The zero-order valence-corrected chi connectivity index (χ0v) is 14.0. The summed E-state index contributed by atoms with van der Waals surface area (Å²) in [4.78, 5) is 2.29. The maximum atomic E-state index is 9.58. The lowest BCUT2D eigenvalue weighted by atomic mass is 9.84. The molecule has 0 bridgehead atoms. The number of aryl methyl sites for hydroxylation is 1. The van der Waals surface area contributed by atoms with E-state index < -0.39 is 0 Å². The molecule has 25 heavy (non-hydrogen) atoms. The molecule has 0 radical (unpaired) electrons. The minimum absolute atomic E-state index is 0.115. The van der Waals surface area contributed by atoms with Crippen LogP contribution in [0.3, 0.4) is 0 Å². The van der Waals surface area contributed by atoms with Crippen LogP contribution in [0.25, 0.3) is 0 Å². The van der Waals surface area contributed by atoms with Crippen molar-refractivity contribution in [3.8, 4) is 11.9 Å². The Morgan fingerprint density at radius 2 is 2.00 bits per heavy atom. The highest BCUT2D eigenvalue weighted by Gasteiger charge is 2.34. The Labute approximate surface area is 145 Å². The number of benzene rings is 1. The molecule has 0 aliphatic carbocycles. The van der Waals surface area contributed by atoms with Gasteiger partial charge >= 0.3 is 0 Å². The molecule has 1 aromatic heterocycles. The van der Waals surface area contributed by atoms with Gasteiger partial charge in [-0.3, -0.25) is 5.10 Å². The number of H-pyrrole nitrogens is 1. The van der Waals surface area contributed by atoms with Crippen molar-refractivity contribution >= 4 is 5.69 Å². The molecule has 2 aliphatic heterocycles. The van der Waals surface area contributed by atoms with Crippen LogP contribution >= 0.6 is 0 Å². The van der Waals surface area contributed by atoms with Crippen LogP contribution in [0.1, 0.15) is 22.7 Å². The zero-order chi connectivity index (χ0) is 17.4. The molecule has 3 heterocycles. The number of anilines is 1. The molecule has 0 saturated carbocycles. The second kappa shape index (κ2) is 6.15. The van der Waals surface area contributed by atoms with E-state index in [9.17, 15) is 5.26 Å². The fourth-order valence-corrected chi connectivity index (χ4v) is 3.43. The average molecular weight is 337 g/mol. The van der Waals surface area contributed by atoms with Crippen LogP contribution in [0.2, 0.25) is 0 Å². The molecule has 7 nitrogen and oxygen atoms in total. The molecule has 2 aromatic rings. The second-order valence-electron chi connectivity index (χ2n) is 6.18. The molecule has 0 amide bonds. The summed E-state index contributed by atoms with van der Waals surface area (Å²) >= 11 is 0. The first kappa shape index (κ1) is 15.5. The number of nitrogens with two attached hydrogens (primary N) is 1. The molecule has 2 aliphatic rings. The molecule has 1 saturated heterocycles. The molecule has 0 spiro atoms. The molecule has 1 atom stereocenters. The summed E-state index contributed by atoms with van der Waals surface area (Å²) in [5.41, 5.74) is 10.2. The van der Waals surface area contributed by atoms with Crippen molar-refractivity contribution in [3.05, 3.63) is 52.5 Å². The third-order valence-corrected chi connectivity index (χ3v) is 4.73. The van der Waals surface area contributed by atoms with Crippen LogP contribution < -0.4 is 15.4 Å². The number of rotatable bonds is 2. The Balaban J connectivity index is 1.72. The van der Waals surface area contributed by atoms with Gasteiger partial charge in [-0.1, -0.05) is 12.1 Å². The molecule has 0 unspecified atom stereocenters. The fraction of sp³-hybridized carbons (Fsp3) is 0.333. The van der Waals surface area contributed by atoms with Crippen molar-refractivity contribution in [1.82, 2.24) is 10.2 Å². The van der Waals surface area contributed by atoms with Gasteiger partial charge in [0.25, 0.3) is 0 Å². The van der Waals surface area contributed by atoms with Crippen LogP contribution in [0.5, 0.6) is 5.88 Å². The molecule has 7 heteroatoms. The van der Waals surface area contributed by atoms with Gasteiger partial charge < -0.3 is 20.1 Å². The van der Waals surface area contributed by atoms with Gasteiger partial charge in [0.15, 0.2) is 0 Å². The minimum Gasteiger partial charge on any atom is -0.420 e.